The largest absolute Gasteiger partial charge is 0.469 e. The number of esters is 1. The van der Waals surface area contributed by atoms with Crippen molar-refractivity contribution in [3.63, 3.8) is 0 Å². The number of aromatic amines is 1. The molecule has 0 saturated carbocycles. The lowest BCUT2D eigenvalue weighted by molar-refractivity contribution is -0.144. The first kappa shape index (κ1) is 28.7. The molecule has 41 heavy (non-hydrogen) atoms. The summed E-state index contributed by atoms with van der Waals surface area (Å²) >= 11 is 0. The van der Waals surface area contributed by atoms with Gasteiger partial charge in [-0.15, -0.1) is 0 Å². The Morgan fingerprint density at radius 3 is 2.54 bits per heavy atom. The lowest BCUT2D eigenvalue weighted by Crippen LogP contribution is -2.33. The molecule has 0 aliphatic rings. The number of pyridine rings is 1. The van der Waals surface area contributed by atoms with E-state index in [9.17, 15) is 14.4 Å². The van der Waals surface area contributed by atoms with Crippen molar-refractivity contribution in [3.8, 4) is 0 Å². The molecule has 212 valence electrons. The van der Waals surface area contributed by atoms with E-state index in [4.69, 9.17) is 21.0 Å². The summed E-state index contributed by atoms with van der Waals surface area (Å²) in [4.78, 5) is 54.8. The molecule has 0 radical (unpaired) electrons. The number of aromatic nitrogens is 3. The molecule has 6 N–H and O–H groups in total. The monoisotopic (exact) mass is 558 g/mol. The van der Waals surface area contributed by atoms with Crippen molar-refractivity contribution in [2.45, 2.75) is 25.9 Å². The van der Waals surface area contributed by atoms with E-state index in [1.165, 1.54) is 18.9 Å². The molecular formula is C28H30N8O5. The van der Waals surface area contributed by atoms with Crippen LogP contribution in [0.5, 0.6) is 0 Å². The Balaban J connectivity index is 1.43. The Hall–Kier alpha value is -5.30. The highest BCUT2D eigenvalue weighted by Gasteiger charge is 2.21. The average molecular weight is 559 g/mol. The number of anilines is 2. The van der Waals surface area contributed by atoms with E-state index in [1.807, 2.05) is 0 Å². The van der Waals surface area contributed by atoms with E-state index in [2.05, 4.69) is 25.4 Å². The van der Waals surface area contributed by atoms with Crippen LogP contribution in [0, 0.1) is 0 Å². The number of nitrogens with zero attached hydrogens (tertiary/aromatic N) is 4. The molecule has 0 fully saturated rings. The minimum atomic E-state index is -0.803. The summed E-state index contributed by atoms with van der Waals surface area (Å²) in [6, 6.07) is 16.6. The van der Waals surface area contributed by atoms with Crippen LogP contribution in [0.3, 0.4) is 0 Å². The Labute approximate surface area is 235 Å². The first-order valence-corrected chi connectivity index (χ1v) is 12.7. The number of amidine groups is 1. The molecule has 0 bridgehead atoms. The molecule has 0 aliphatic carbocycles. The van der Waals surface area contributed by atoms with Crippen LogP contribution in [0.15, 0.2) is 72.0 Å². The van der Waals surface area contributed by atoms with Gasteiger partial charge >= 0.3 is 11.9 Å². The van der Waals surface area contributed by atoms with E-state index in [0.717, 1.165) is 5.69 Å². The van der Waals surface area contributed by atoms with Gasteiger partial charge in [0.25, 0.3) is 5.91 Å². The molecule has 2 aromatic heterocycles. The third-order valence-electron chi connectivity index (χ3n) is 5.96. The predicted molar refractivity (Wildman–Crippen MR) is 153 cm³/mol. The molecule has 4 aromatic rings. The third kappa shape index (κ3) is 7.42. The zero-order valence-electron chi connectivity index (χ0n) is 22.5. The molecule has 1 amide bonds. The SMILES string of the molecule is COC(=O)CCN(C(=O)c1ccc2nc(CNc3ccc(/C(N)=N/OC(=O)C(C)N)cc3)[nH]c2c1)c1ccccn1. The van der Waals surface area contributed by atoms with Gasteiger partial charge in [0.15, 0.2) is 5.84 Å². The maximum atomic E-state index is 13.4. The average Bonchev–Trinajstić information content (AvgIpc) is 3.41. The maximum absolute atomic E-state index is 13.4. The second kappa shape index (κ2) is 13.2. The highest BCUT2D eigenvalue weighted by molar-refractivity contribution is 6.07. The van der Waals surface area contributed by atoms with Crippen LogP contribution >= 0.6 is 0 Å². The number of amides is 1. The second-order valence-electron chi connectivity index (χ2n) is 8.99. The van der Waals surface area contributed by atoms with Crippen LogP contribution in [0.1, 0.15) is 35.1 Å². The minimum absolute atomic E-state index is 0.0301. The van der Waals surface area contributed by atoms with Crippen LogP contribution in [0.2, 0.25) is 0 Å². The quantitative estimate of drug-likeness (QED) is 0.0698. The first-order chi connectivity index (χ1) is 19.7. The van der Waals surface area contributed by atoms with E-state index >= 15 is 0 Å². The van der Waals surface area contributed by atoms with E-state index in [0.29, 0.717) is 40.3 Å². The number of oxime groups is 1. The summed E-state index contributed by atoms with van der Waals surface area (Å²) in [7, 11) is 1.31. The molecule has 1 atom stereocenters. The number of imidazole rings is 1. The van der Waals surface area contributed by atoms with Gasteiger partial charge in [-0.1, -0.05) is 11.2 Å². The number of methoxy groups -OCH3 is 1. The lowest BCUT2D eigenvalue weighted by atomic mass is 10.1. The van der Waals surface area contributed by atoms with Crippen LogP contribution in [-0.2, 0) is 25.7 Å². The number of H-pyrrole nitrogens is 1. The molecule has 4 rings (SSSR count). The molecule has 2 heterocycles. The Bertz CT molecular complexity index is 1550. The van der Waals surface area contributed by atoms with Crippen molar-refractivity contribution in [3.05, 3.63) is 83.8 Å². The van der Waals surface area contributed by atoms with Crippen molar-refractivity contribution in [1.29, 1.82) is 0 Å². The van der Waals surface area contributed by atoms with Crippen LogP contribution in [0.4, 0.5) is 11.5 Å². The molecule has 0 aliphatic heterocycles. The minimum Gasteiger partial charge on any atom is -0.469 e. The fraction of sp³-hybridized carbons (Fsp3) is 0.214. The van der Waals surface area contributed by atoms with Gasteiger partial charge in [0, 0.05) is 29.6 Å². The number of nitrogens with two attached hydrogens (primary N) is 2. The number of ether oxygens (including phenoxy) is 1. The first-order valence-electron chi connectivity index (χ1n) is 12.7. The molecule has 1 unspecified atom stereocenters. The smallest absolute Gasteiger partial charge is 0.351 e. The number of nitrogens with one attached hydrogen (secondary N) is 2. The highest BCUT2D eigenvalue weighted by Crippen LogP contribution is 2.20. The normalized spacial score (nSPS) is 12.0. The number of carbonyl (C=O) groups is 3. The number of carbonyl (C=O) groups excluding carboxylic acids is 3. The lowest BCUT2D eigenvalue weighted by Gasteiger charge is -2.21. The van der Waals surface area contributed by atoms with Crippen LogP contribution in [0.25, 0.3) is 11.0 Å². The summed E-state index contributed by atoms with van der Waals surface area (Å²) in [5.74, 6) is -0.281. The molecule has 0 spiro atoms. The van der Waals surface area contributed by atoms with Gasteiger partial charge in [-0.2, -0.15) is 0 Å². The summed E-state index contributed by atoms with van der Waals surface area (Å²) in [6.07, 6.45) is 1.61. The molecular weight excluding hydrogens is 528 g/mol. The van der Waals surface area contributed by atoms with Gasteiger partial charge in [0.05, 0.1) is 31.1 Å². The zero-order valence-corrected chi connectivity index (χ0v) is 22.5. The van der Waals surface area contributed by atoms with Crippen LogP contribution < -0.4 is 21.7 Å². The van der Waals surface area contributed by atoms with Crippen molar-refractivity contribution in [1.82, 2.24) is 15.0 Å². The summed E-state index contributed by atoms with van der Waals surface area (Å²) in [5.41, 5.74) is 14.5. The summed E-state index contributed by atoms with van der Waals surface area (Å²) < 4.78 is 4.73. The second-order valence-corrected chi connectivity index (χ2v) is 8.99. The number of rotatable bonds is 11. The van der Waals surface area contributed by atoms with E-state index in [-0.39, 0.29) is 24.7 Å². The van der Waals surface area contributed by atoms with Gasteiger partial charge in [-0.25, -0.2) is 14.8 Å². The summed E-state index contributed by atoms with van der Waals surface area (Å²) in [6.45, 7) is 1.99. The number of fused-ring (bicyclic) bond motifs is 1. The van der Waals surface area contributed by atoms with Gasteiger partial charge in [-0.05, 0) is 61.5 Å². The third-order valence-corrected chi connectivity index (χ3v) is 5.96. The van der Waals surface area contributed by atoms with Gasteiger partial charge < -0.3 is 31.3 Å². The number of benzene rings is 2. The topological polar surface area (TPSA) is 191 Å². The summed E-state index contributed by atoms with van der Waals surface area (Å²) in [5, 5.41) is 6.87. The molecule has 0 saturated heterocycles. The highest BCUT2D eigenvalue weighted by atomic mass is 16.7. The Morgan fingerprint density at radius 1 is 1.10 bits per heavy atom. The Morgan fingerprint density at radius 2 is 1.85 bits per heavy atom. The van der Waals surface area contributed by atoms with Crippen LogP contribution in [-0.4, -0.2) is 58.3 Å². The number of hydrogen-bond donors (Lipinski definition) is 4. The molecule has 2 aromatic carbocycles. The molecule has 13 heteroatoms. The van der Waals surface area contributed by atoms with Crippen molar-refractivity contribution < 1.29 is 24.0 Å². The number of hydrogen-bond acceptors (Lipinski definition) is 10. The Kier molecular flexibility index (Phi) is 9.22. The standard InChI is InChI=1S/C28H30N8O5/c1-17(29)28(39)41-35-26(30)18-6-9-20(10-7-18)32-16-23-33-21-11-8-19(15-22(21)34-23)27(38)36(14-12-25(37)40-2)24-5-3-4-13-31-24/h3-11,13,15,17,32H,12,14,16,29H2,1-2H3,(H2,30,35)(H,33,34). The van der Waals surface area contributed by atoms with Crippen molar-refractivity contribution >= 4 is 46.2 Å². The van der Waals surface area contributed by atoms with Crippen molar-refractivity contribution in [2.24, 2.45) is 16.6 Å². The fourth-order valence-corrected chi connectivity index (χ4v) is 3.75. The van der Waals surface area contributed by atoms with E-state index in [1.54, 1.807) is 66.9 Å². The van der Waals surface area contributed by atoms with E-state index < -0.39 is 18.0 Å². The maximum Gasteiger partial charge on any atom is 0.351 e. The molecule has 13 nitrogen and oxygen atoms in total. The van der Waals surface area contributed by atoms with Gasteiger partial charge in [-0.3, -0.25) is 14.5 Å². The van der Waals surface area contributed by atoms with Gasteiger partial charge in [0.2, 0.25) is 0 Å². The van der Waals surface area contributed by atoms with Gasteiger partial charge in [0.1, 0.15) is 17.7 Å². The fourth-order valence-electron chi connectivity index (χ4n) is 3.75. The predicted octanol–water partition coefficient (Wildman–Crippen LogP) is 2.29. The van der Waals surface area contributed by atoms with Crippen molar-refractivity contribution in [2.75, 3.05) is 23.9 Å². The zero-order chi connectivity index (χ0) is 29.4.